The van der Waals surface area contributed by atoms with Gasteiger partial charge in [0.2, 0.25) is 0 Å². The molecule has 0 radical (unpaired) electrons. The molecule has 0 bridgehead atoms. The van der Waals surface area contributed by atoms with Crippen LogP contribution in [0.5, 0.6) is 5.75 Å². The van der Waals surface area contributed by atoms with E-state index in [9.17, 15) is 14.0 Å². The lowest BCUT2D eigenvalue weighted by atomic mass is 9.93. The molecule has 7 rings (SSSR count). The van der Waals surface area contributed by atoms with Crippen molar-refractivity contribution in [2.45, 2.75) is 19.6 Å². The fraction of sp³-hybridized carbons (Fsp3) is 0.103. The largest absolute Gasteiger partial charge is 0.487 e. The minimum absolute atomic E-state index is 0.137. The fourth-order valence-corrected chi connectivity index (χ4v) is 8.99. The number of thiazole rings is 1. The van der Waals surface area contributed by atoms with E-state index in [0.717, 1.165) is 29.0 Å². The Morgan fingerprint density at radius 2 is 1.69 bits per heavy atom. The Labute approximate surface area is 312 Å². The van der Waals surface area contributed by atoms with Crippen LogP contribution in [0.4, 0.5) is 4.39 Å². The quantitative estimate of drug-likeness (QED) is 0.115. The zero-order valence-corrected chi connectivity index (χ0v) is 31.2. The second kappa shape index (κ2) is 14.4. The second-order valence-electron chi connectivity index (χ2n) is 11.2. The van der Waals surface area contributed by atoms with Crippen molar-refractivity contribution < 1.29 is 18.7 Å². The minimum atomic E-state index is -0.897. The van der Waals surface area contributed by atoms with E-state index in [-0.39, 0.29) is 17.7 Å². The van der Waals surface area contributed by atoms with Gasteiger partial charge in [-0.1, -0.05) is 96.3 Å². The van der Waals surface area contributed by atoms with E-state index in [2.05, 4.69) is 69.4 Å². The smallest absolute Gasteiger partial charge is 0.338 e. The number of ether oxygens (including phenoxy) is 2. The maximum Gasteiger partial charge on any atom is 0.338 e. The molecule has 10 heteroatoms. The predicted octanol–water partition coefficient (Wildman–Crippen LogP) is 8.02. The Hall–Kier alpha value is -4.14. The third-order valence-electron chi connectivity index (χ3n) is 8.14. The molecule has 5 aromatic carbocycles. The summed E-state index contributed by atoms with van der Waals surface area (Å²) in [7, 11) is 0. The Balaban J connectivity index is 1.40. The number of hydrogen-bond donors (Lipinski definition) is 0. The molecule has 0 amide bonds. The number of hydrogen-bond acceptors (Lipinski definition) is 6. The first-order valence-corrected chi connectivity index (χ1v) is 18.4. The van der Waals surface area contributed by atoms with Crippen molar-refractivity contribution in [3.63, 3.8) is 0 Å². The summed E-state index contributed by atoms with van der Waals surface area (Å²) in [4.78, 5) is 33.4. The zero-order chi connectivity index (χ0) is 34.1. The van der Waals surface area contributed by atoms with Crippen LogP contribution in [-0.2, 0) is 16.1 Å². The van der Waals surface area contributed by atoms with E-state index in [1.807, 2.05) is 66.7 Å². The number of halogens is 3. The molecule has 6 aromatic rings. The van der Waals surface area contributed by atoms with E-state index in [1.165, 1.54) is 28.0 Å². The molecule has 1 atom stereocenters. The van der Waals surface area contributed by atoms with Gasteiger partial charge >= 0.3 is 5.97 Å². The predicted molar refractivity (Wildman–Crippen MR) is 208 cm³/mol. The van der Waals surface area contributed by atoms with Gasteiger partial charge in [-0.25, -0.2) is 14.2 Å². The van der Waals surface area contributed by atoms with Gasteiger partial charge in [-0.3, -0.25) is 9.36 Å². The van der Waals surface area contributed by atoms with Gasteiger partial charge in [-0.05, 0) is 104 Å². The van der Waals surface area contributed by atoms with Crippen LogP contribution in [0.3, 0.4) is 0 Å². The monoisotopic (exact) mass is 892 g/mol. The summed E-state index contributed by atoms with van der Waals surface area (Å²) in [6, 6.07) is 32.6. The zero-order valence-electron chi connectivity index (χ0n) is 26.0. The summed E-state index contributed by atoms with van der Waals surface area (Å²) >= 11 is 5.75. The van der Waals surface area contributed by atoms with E-state index in [0.29, 0.717) is 38.5 Å². The maximum atomic E-state index is 14.4. The van der Waals surface area contributed by atoms with Crippen molar-refractivity contribution in [1.29, 1.82) is 0 Å². The van der Waals surface area contributed by atoms with Gasteiger partial charge in [-0.15, -0.1) is 0 Å². The lowest BCUT2D eigenvalue weighted by Crippen LogP contribution is -2.40. The van der Waals surface area contributed by atoms with Gasteiger partial charge < -0.3 is 9.47 Å². The average molecular weight is 893 g/mol. The van der Waals surface area contributed by atoms with Crippen LogP contribution in [0.1, 0.15) is 35.2 Å². The van der Waals surface area contributed by atoms with Gasteiger partial charge in [0.15, 0.2) is 4.80 Å². The van der Waals surface area contributed by atoms with Gasteiger partial charge in [0.1, 0.15) is 18.2 Å². The van der Waals surface area contributed by atoms with Crippen LogP contribution in [0.25, 0.3) is 22.5 Å². The van der Waals surface area contributed by atoms with Gasteiger partial charge in [0.05, 0.1) is 32.0 Å². The topological polar surface area (TPSA) is 69.9 Å². The molecular weight excluding hydrogens is 865 g/mol. The third-order valence-corrected chi connectivity index (χ3v) is 10.5. The highest BCUT2D eigenvalue weighted by molar-refractivity contribution is 14.1. The molecule has 1 aliphatic heterocycles. The number of nitrogens with zero attached hydrogens (tertiary/aromatic N) is 2. The molecule has 0 unspecified atom stereocenters. The van der Waals surface area contributed by atoms with Crippen LogP contribution in [-0.4, -0.2) is 17.1 Å². The van der Waals surface area contributed by atoms with E-state index >= 15 is 0 Å². The molecule has 0 fully saturated rings. The summed E-state index contributed by atoms with van der Waals surface area (Å²) in [5, 5.41) is 2.25. The Morgan fingerprint density at radius 1 is 0.959 bits per heavy atom. The molecular formula is C39H27FI2N2O4S. The third kappa shape index (κ3) is 6.73. The molecule has 0 spiro atoms. The molecule has 2 heterocycles. The molecule has 0 aliphatic carbocycles. The van der Waals surface area contributed by atoms with Crippen LogP contribution >= 0.6 is 56.5 Å². The Bertz CT molecular complexity index is 2440. The van der Waals surface area contributed by atoms with Gasteiger partial charge in [0.25, 0.3) is 5.56 Å². The second-order valence-corrected chi connectivity index (χ2v) is 14.6. The van der Waals surface area contributed by atoms with E-state index < -0.39 is 17.8 Å². The highest BCUT2D eigenvalue weighted by Crippen LogP contribution is 2.36. The van der Waals surface area contributed by atoms with Gasteiger partial charge in [0, 0.05) is 14.7 Å². The van der Waals surface area contributed by atoms with Crippen LogP contribution in [0.2, 0.25) is 0 Å². The maximum absolute atomic E-state index is 14.4. The van der Waals surface area contributed by atoms with Gasteiger partial charge in [-0.2, -0.15) is 0 Å². The molecule has 1 aromatic heterocycles. The summed E-state index contributed by atoms with van der Waals surface area (Å²) in [5.74, 6) is -0.359. The van der Waals surface area contributed by atoms with Crippen molar-refractivity contribution in [1.82, 2.24) is 4.57 Å². The molecule has 0 N–H and O–H groups in total. The Morgan fingerprint density at radius 3 is 2.47 bits per heavy atom. The molecule has 0 saturated heterocycles. The number of rotatable bonds is 8. The first-order valence-electron chi connectivity index (χ1n) is 15.4. The highest BCUT2D eigenvalue weighted by Gasteiger charge is 2.35. The first-order chi connectivity index (χ1) is 23.8. The lowest BCUT2D eigenvalue weighted by molar-refractivity contribution is -0.138. The number of carbonyl (C=O) groups is 1. The van der Waals surface area contributed by atoms with Crippen molar-refractivity contribution in [2.24, 2.45) is 4.99 Å². The summed E-state index contributed by atoms with van der Waals surface area (Å²) < 4.78 is 30.0. The number of benzene rings is 5. The molecule has 0 saturated carbocycles. The SMILES string of the molecule is CCOC(=O)C1=C(c2ccccc2)N=c2s/c(=C\c3cc(I)cc(I)c3OCc3cccc4ccccc34)c(=O)n2[C@H]1c1ccc(F)cc1. The minimum Gasteiger partial charge on any atom is -0.487 e. The number of aromatic nitrogens is 1. The fourth-order valence-electron chi connectivity index (χ4n) is 5.95. The van der Waals surface area contributed by atoms with Crippen LogP contribution in [0.15, 0.2) is 125 Å². The first kappa shape index (κ1) is 33.4. The van der Waals surface area contributed by atoms with E-state index in [4.69, 9.17) is 14.5 Å². The molecule has 49 heavy (non-hydrogen) atoms. The molecule has 244 valence electrons. The lowest BCUT2D eigenvalue weighted by Gasteiger charge is -2.25. The Kier molecular flexibility index (Phi) is 9.79. The number of fused-ring (bicyclic) bond motifs is 2. The van der Waals surface area contributed by atoms with Crippen molar-refractivity contribution >= 4 is 85.0 Å². The highest BCUT2D eigenvalue weighted by atomic mass is 127. The standard InChI is InChI=1S/C39H27FI2N2O4S/c1-2-47-38(46)33-34(24-10-4-3-5-11-24)43-39-44(35(33)25-15-17-28(40)18-16-25)37(45)32(49-39)20-27-19-29(41)21-31(42)36(27)48-22-26-13-8-12-23-9-6-7-14-30(23)26/h3-21,35H,2,22H2,1H3/b32-20-/t35-/m0/s1. The van der Waals surface area contributed by atoms with E-state index in [1.54, 1.807) is 19.1 Å². The summed E-state index contributed by atoms with van der Waals surface area (Å²) in [5.41, 5.74) is 3.34. The van der Waals surface area contributed by atoms with Crippen LogP contribution in [0, 0.1) is 13.0 Å². The number of esters is 1. The van der Waals surface area contributed by atoms with Crippen molar-refractivity contribution in [3.05, 3.63) is 170 Å². The van der Waals surface area contributed by atoms with Crippen molar-refractivity contribution in [3.8, 4) is 5.75 Å². The average Bonchev–Trinajstić information content (AvgIpc) is 3.42. The summed E-state index contributed by atoms with van der Waals surface area (Å²) in [6.07, 6.45) is 1.82. The molecule has 6 nitrogen and oxygen atoms in total. The summed E-state index contributed by atoms with van der Waals surface area (Å²) in [6.45, 7) is 2.21. The molecule has 1 aliphatic rings. The number of carbonyl (C=O) groups excluding carboxylic acids is 1. The van der Waals surface area contributed by atoms with Crippen LogP contribution < -0.4 is 19.6 Å². The normalized spacial score (nSPS) is 14.4. The van der Waals surface area contributed by atoms with Crippen molar-refractivity contribution in [2.75, 3.05) is 6.61 Å².